The summed E-state index contributed by atoms with van der Waals surface area (Å²) in [5.74, 6) is 0.466. The minimum absolute atomic E-state index is 0.00204. The van der Waals surface area contributed by atoms with Crippen LogP contribution < -0.4 is 5.32 Å². The molecule has 2 N–H and O–H groups in total. The molecule has 0 unspecified atom stereocenters. The third-order valence-electron chi connectivity index (χ3n) is 4.10. The van der Waals surface area contributed by atoms with Crippen molar-refractivity contribution in [2.75, 3.05) is 19.6 Å². The molecule has 0 radical (unpaired) electrons. The second-order valence-electron chi connectivity index (χ2n) is 5.93. The number of nitrogens with one attached hydrogen (secondary N) is 1. The summed E-state index contributed by atoms with van der Waals surface area (Å²) >= 11 is 5.81. The SMILES string of the molecule is O=C(CN1CC(O)(C2CC2)C1)NCc1ccc(Cl)cc1. The van der Waals surface area contributed by atoms with Crippen LogP contribution in [0.5, 0.6) is 0 Å². The fourth-order valence-electron chi connectivity index (χ4n) is 2.78. The molecule has 20 heavy (non-hydrogen) atoms. The van der Waals surface area contributed by atoms with Crippen LogP contribution in [0.2, 0.25) is 5.02 Å². The van der Waals surface area contributed by atoms with Gasteiger partial charge in [-0.3, -0.25) is 9.69 Å². The highest BCUT2D eigenvalue weighted by Crippen LogP contribution is 2.44. The summed E-state index contributed by atoms with van der Waals surface area (Å²) in [6, 6.07) is 7.43. The molecule has 0 atom stereocenters. The lowest BCUT2D eigenvalue weighted by atomic mass is 9.89. The lowest BCUT2D eigenvalue weighted by Crippen LogP contribution is -2.64. The molecule has 1 aliphatic heterocycles. The Kier molecular flexibility index (Phi) is 3.71. The first-order valence-corrected chi connectivity index (χ1v) is 7.39. The smallest absolute Gasteiger partial charge is 0.234 e. The maximum atomic E-state index is 11.8. The predicted octanol–water partition coefficient (Wildman–Crippen LogP) is 1.41. The highest BCUT2D eigenvalue weighted by Gasteiger charge is 2.51. The molecule has 1 heterocycles. The molecular formula is C15H19ClN2O2. The normalized spacial score (nSPS) is 21.3. The third-order valence-corrected chi connectivity index (χ3v) is 4.35. The summed E-state index contributed by atoms with van der Waals surface area (Å²) in [5.41, 5.74) is 0.511. The average Bonchev–Trinajstić information content (AvgIpc) is 3.20. The van der Waals surface area contributed by atoms with E-state index in [4.69, 9.17) is 11.6 Å². The van der Waals surface area contributed by atoms with Gasteiger partial charge in [0, 0.05) is 24.7 Å². The highest BCUT2D eigenvalue weighted by atomic mass is 35.5. The summed E-state index contributed by atoms with van der Waals surface area (Å²) < 4.78 is 0. The van der Waals surface area contributed by atoms with Crippen molar-refractivity contribution < 1.29 is 9.90 Å². The van der Waals surface area contributed by atoms with Crippen LogP contribution in [-0.2, 0) is 11.3 Å². The fourth-order valence-corrected chi connectivity index (χ4v) is 2.91. The number of rotatable bonds is 5. The van der Waals surface area contributed by atoms with Crippen molar-refractivity contribution in [2.24, 2.45) is 5.92 Å². The third kappa shape index (κ3) is 3.14. The summed E-state index contributed by atoms with van der Waals surface area (Å²) in [6.45, 7) is 2.14. The van der Waals surface area contributed by atoms with Gasteiger partial charge < -0.3 is 10.4 Å². The summed E-state index contributed by atoms with van der Waals surface area (Å²) in [4.78, 5) is 13.8. The molecule has 1 amide bonds. The van der Waals surface area contributed by atoms with Gasteiger partial charge in [-0.15, -0.1) is 0 Å². The summed E-state index contributed by atoms with van der Waals surface area (Å²) in [5, 5.41) is 13.8. The van der Waals surface area contributed by atoms with Crippen molar-refractivity contribution in [3.05, 3.63) is 34.9 Å². The number of aliphatic hydroxyl groups is 1. The number of halogens is 1. The van der Waals surface area contributed by atoms with Crippen LogP contribution in [0.1, 0.15) is 18.4 Å². The fraction of sp³-hybridized carbons (Fsp3) is 0.533. The van der Waals surface area contributed by atoms with Gasteiger partial charge in [0.1, 0.15) is 0 Å². The molecule has 5 heteroatoms. The second kappa shape index (κ2) is 5.35. The van der Waals surface area contributed by atoms with Crippen molar-refractivity contribution in [3.8, 4) is 0 Å². The van der Waals surface area contributed by atoms with Crippen LogP contribution >= 0.6 is 11.6 Å². The lowest BCUT2D eigenvalue weighted by molar-refractivity contribution is -0.136. The van der Waals surface area contributed by atoms with E-state index in [2.05, 4.69) is 5.32 Å². The Balaban J connectivity index is 1.39. The Morgan fingerprint density at radius 2 is 2.00 bits per heavy atom. The van der Waals surface area contributed by atoms with Crippen LogP contribution in [0, 0.1) is 5.92 Å². The Morgan fingerprint density at radius 3 is 2.60 bits per heavy atom. The number of benzene rings is 1. The van der Waals surface area contributed by atoms with E-state index in [1.807, 2.05) is 29.2 Å². The quantitative estimate of drug-likeness (QED) is 0.863. The predicted molar refractivity (Wildman–Crippen MR) is 77.4 cm³/mol. The molecular weight excluding hydrogens is 276 g/mol. The van der Waals surface area contributed by atoms with Gasteiger partial charge in [-0.25, -0.2) is 0 Å². The molecule has 1 aliphatic carbocycles. The van der Waals surface area contributed by atoms with Gasteiger partial charge in [0.2, 0.25) is 5.91 Å². The molecule has 1 saturated carbocycles. The second-order valence-corrected chi connectivity index (χ2v) is 6.36. The Bertz CT molecular complexity index is 493. The van der Waals surface area contributed by atoms with E-state index in [1.165, 1.54) is 0 Å². The molecule has 1 aromatic carbocycles. The van der Waals surface area contributed by atoms with Gasteiger partial charge in [0.15, 0.2) is 0 Å². The largest absolute Gasteiger partial charge is 0.387 e. The van der Waals surface area contributed by atoms with Gasteiger partial charge in [0.05, 0.1) is 12.1 Å². The number of amides is 1. The number of likely N-dealkylation sites (tertiary alicyclic amines) is 1. The van der Waals surface area contributed by atoms with Crippen molar-refractivity contribution in [3.63, 3.8) is 0 Å². The number of hydrogen-bond acceptors (Lipinski definition) is 3. The maximum Gasteiger partial charge on any atom is 0.234 e. The van der Waals surface area contributed by atoms with E-state index in [0.717, 1.165) is 18.4 Å². The molecule has 0 spiro atoms. The number of β-amino-alcohol motifs (C(OH)–C–C–N with tert-alkyl or cyclic N) is 1. The van der Waals surface area contributed by atoms with Crippen molar-refractivity contribution in [1.82, 2.24) is 10.2 Å². The first-order chi connectivity index (χ1) is 9.55. The number of carbonyl (C=O) groups excluding carboxylic acids is 1. The molecule has 108 valence electrons. The molecule has 0 aromatic heterocycles. The van der Waals surface area contributed by atoms with Gasteiger partial charge in [0.25, 0.3) is 0 Å². The number of carbonyl (C=O) groups is 1. The number of hydrogen-bond donors (Lipinski definition) is 2. The summed E-state index contributed by atoms with van der Waals surface area (Å²) in [6.07, 6.45) is 2.26. The van der Waals surface area contributed by atoms with Crippen molar-refractivity contribution in [1.29, 1.82) is 0 Å². The zero-order valence-electron chi connectivity index (χ0n) is 11.3. The van der Waals surface area contributed by atoms with E-state index >= 15 is 0 Å². The minimum atomic E-state index is -0.517. The minimum Gasteiger partial charge on any atom is -0.387 e. The van der Waals surface area contributed by atoms with Gasteiger partial charge in [-0.1, -0.05) is 23.7 Å². The average molecular weight is 295 g/mol. The molecule has 1 aromatic rings. The van der Waals surface area contributed by atoms with E-state index in [-0.39, 0.29) is 5.91 Å². The van der Waals surface area contributed by atoms with Gasteiger partial charge in [-0.2, -0.15) is 0 Å². The van der Waals surface area contributed by atoms with E-state index in [9.17, 15) is 9.90 Å². The Labute approximate surface area is 123 Å². The van der Waals surface area contributed by atoms with Crippen LogP contribution in [-0.4, -0.2) is 41.1 Å². The number of nitrogens with zero attached hydrogens (tertiary/aromatic N) is 1. The molecule has 3 rings (SSSR count). The van der Waals surface area contributed by atoms with Crippen LogP contribution in [0.25, 0.3) is 0 Å². The highest BCUT2D eigenvalue weighted by molar-refractivity contribution is 6.30. The van der Waals surface area contributed by atoms with E-state index in [1.54, 1.807) is 0 Å². The molecule has 1 saturated heterocycles. The topological polar surface area (TPSA) is 52.6 Å². The van der Waals surface area contributed by atoms with Crippen LogP contribution in [0.3, 0.4) is 0 Å². The summed E-state index contributed by atoms with van der Waals surface area (Å²) in [7, 11) is 0. The Hall–Kier alpha value is -1.10. The van der Waals surface area contributed by atoms with Gasteiger partial charge >= 0.3 is 0 Å². The van der Waals surface area contributed by atoms with Crippen LogP contribution in [0.15, 0.2) is 24.3 Å². The van der Waals surface area contributed by atoms with E-state index in [0.29, 0.717) is 37.1 Å². The standard InChI is InChI=1S/C15H19ClN2O2/c16-13-5-1-11(2-6-13)7-17-14(19)8-18-9-15(20,10-18)12-3-4-12/h1-2,5-6,12,20H,3-4,7-10H2,(H,17,19). The molecule has 4 nitrogen and oxygen atoms in total. The van der Waals surface area contributed by atoms with Gasteiger partial charge in [-0.05, 0) is 36.5 Å². The van der Waals surface area contributed by atoms with Crippen molar-refractivity contribution >= 4 is 17.5 Å². The maximum absolute atomic E-state index is 11.8. The molecule has 0 bridgehead atoms. The first kappa shape index (κ1) is 13.9. The Morgan fingerprint density at radius 1 is 1.35 bits per heavy atom. The first-order valence-electron chi connectivity index (χ1n) is 7.01. The molecule has 2 aliphatic rings. The molecule has 2 fully saturated rings. The monoisotopic (exact) mass is 294 g/mol. The zero-order valence-corrected chi connectivity index (χ0v) is 12.1. The van der Waals surface area contributed by atoms with E-state index < -0.39 is 5.60 Å². The lowest BCUT2D eigenvalue weighted by Gasteiger charge is -2.46. The zero-order chi connectivity index (χ0) is 14.2. The van der Waals surface area contributed by atoms with Crippen molar-refractivity contribution in [2.45, 2.75) is 25.0 Å². The van der Waals surface area contributed by atoms with Crippen LogP contribution in [0.4, 0.5) is 0 Å².